The molecule has 0 aliphatic carbocycles. The van der Waals surface area contributed by atoms with E-state index in [0.29, 0.717) is 6.42 Å². The smallest absolute Gasteiger partial charge is 0.234 e. The molecule has 0 saturated carbocycles. The maximum absolute atomic E-state index is 13.5. The number of amides is 1. The molecule has 1 aromatic carbocycles. The Morgan fingerprint density at radius 2 is 2.06 bits per heavy atom. The molecule has 4 heteroatoms. The molecule has 1 heterocycles. The number of rotatable bonds is 1. The Morgan fingerprint density at radius 1 is 1.31 bits per heavy atom. The van der Waals surface area contributed by atoms with E-state index in [9.17, 15) is 14.0 Å². The Hall–Kier alpha value is -1.71. The van der Waals surface area contributed by atoms with Crippen LogP contribution in [0.3, 0.4) is 0 Å². The van der Waals surface area contributed by atoms with E-state index in [0.717, 1.165) is 5.56 Å². The van der Waals surface area contributed by atoms with E-state index >= 15 is 0 Å². The molecule has 1 aliphatic rings. The number of halogens is 1. The zero-order valence-corrected chi connectivity index (χ0v) is 9.00. The SMILES string of the molecule is Cc1ccc(F)c(N2CCC(=O)CC2=O)c1. The molecule has 0 atom stereocenters. The summed E-state index contributed by atoms with van der Waals surface area (Å²) in [5.74, 6) is -0.816. The van der Waals surface area contributed by atoms with Crippen LogP contribution in [0.5, 0.6) is 0 Å². The van der Waals surface area contributed by atoms with Gasteiger partial charge in [0.15, 0.2) is 0 Å². The molecule has 0 spiro atoms. The van der Waals surface area contributed by atoms with Crippen molar-refractivity contribution in [2.45, 2.75) is 19.8 Å². The van der Waals surface area contributed by atoms with Gasteiger partial charge in [0.2, 0.25) is 5.91 Å². The molecule has 2 rings (SSSR count). The normalized spacial score (nSPS) is 16.8. The fraction of sp³-hybridized carbons (Fsp3) is 0.333. The van der Waals surface area contributed by atoms with E-state index in [1.807, 2.05) is 6.92 Å². The van der Waals surface area contributed by atoms with Gasteiger partial charge in [-0.25, -0.2) is 4.39 Å². The van der Waals surface area contributed by atoms with Crippen molar-refractivity contribution >= 4 is 17.4 Å². The number of nitrogens with zero attached hydrogens (tertiary/aromatic N) is 1. The summed E-state index contributed by atoms with van der Waals surface area (Å²) in [6, 6.07) is 4.62. The van der Waals surface area contributed by atoms with Gasteiger partial charge in [-0.15, -0.1) is 0 Å². The predicted octanol–water partition coefficient (Wildman–Crippen LogP) is 1.83. The third-order valence-electron chi connectivity index (χ3n) is 2.66. The monoisotopic (exact) mass is 221 g/mol. The van der Waals surface area contributed by atoms with Gasteiger partial charge in [-0.2, -0.15) is 0 Å². The first kappa shape index (κ1) is 10.8. The summed E-state index contributed by atoms with van der Waals surface area (Å²) in [6.07, 6.45) is 0.187. The molecule has 16 heavy (non-hydrogen) atoms. The highest BCUT2D eigenvalue weighted by atomic mass is 19.1. The van der Waals surface area contributed by atoms with E-state index < -0.39 is 5.82 Å². The maximum atomic E-state index is 13.5. The van der Waals surface area contributed by atoms with Crippen molar-refractivity contribution in [3.63, 3.8) is 0 Å². The summed E-state index contributed by atoms with van der Waals surface area (Å²) >= 11 is 0. The second-order valence-corrected chi connectivity index (χ2v) is 3.97. The number of Topliss-reactive ketones (excluding diaryl/α,β-unsaturated/α-hetero) is 1. The lowest BCUT2D eigenvalue weighted by atomic mass is 10.1. The van der Waals surface area contributed by atoms with Crippen molar-refractivity contribution in [1.82, 2.24) is 0 Å². The molecule has 3 nitrogen and oxygen atoms in total. The van der Waals surface area contributed by atoms with Gasteiger partial charge in [0, 0.05) is 13.0 Å². The molecule has 0 unspecified atom stereocenters. The lowest BCUT2D eigenvalue weighted by Gasteiger charge is -2.26. The number of aryl methyl sites for hydroxylation is 1. The first-order chi connectivity index (χ1) is 7.58. The highest BCUT2D eigenvalue weighted by molar-refractivity contribution is 6.08. The standard InChI is InChI=1S/C12H12FNO2/c1-8-2-3-10(13)11(6-8)14-5-4-9(15)7-12(14)16/h2-3,6H,4-5,7H2,1H3. The molecule has 1 aromatic rings. The maximum Gasteiger partial charge on any atom is 0.234 e. The summed E-state index contributed by atoms with van der Waals surface area (Å²) < 4.78 is 13.5. The fourth-order valence-corrected chi connectivity index (χ4v) is 1.80. The number of carbonyl (C=O) groups excluding carboxylic acids is 2. The second kappa shape index (κ2) is 4.04. The van der Waals surface area contributed by atoms with Crippen molar-refractivity contribution in [3.05, 3.63) is 29.6 Å². The first-order valence-corrected chi connectivity index (χ1v) is 5.16. The van der Waals surface area contributed by atoms with Gasteiger partial charge in [-0.3, -0.25) is 9.59 Å². The number of ketones is 1. The molecule has 0 bridgehead atoms. The molecule has 1 amide bonds. The average Bonchev–Trinajstić information content (AvgIpc) is 2.22. The topological polar surface area (TPSA) is 37.4 Å². The Labute approximate surface area is 92.9 Å². The Balaban J connectivity index is 2.33. The minimum absolute atomic E-state index is 0.0747. The third kappa shape index (κ3) is 1.96. The summed E-state index contributed by atoms with van der Waals surface area (Å²) in [5, 5.41) is 0. The second-order valence-electron chi connectivity index (χ2n) is 3.97. The van der Waals surface area contributed by atoms with Gasteiger partial charge in [0.05, 0.1) is 12.1 Å². The molecule has 0 N–H and O–H groups in total. The summed E-state index contributed by atoms with van der Waals surface area (Å²) in [6.45, 7) is 2.11. The number of hydrogen-bond acceptors (Lipinski definition) is 2. The van der Waals surface area contributed by atoms with Gasteiger partial charge in [-0.05, 0) is 24.6 Å². The van der Waals surface area contributed by atoms with E-state index in [1.165, 1.54) is 11.0 Å². The van der Waals surface area contributed by atoms with Gasteiger partial charge < -0.3 is 4.90 Å². The predicted molar refractivity (Wildman–Crippen MR) is 57.7 cm³/mol. The summed E-state index contributed by atoms with van der Waals surface area (Å²) in [5.41, 5.74) is 1.17. The van der Waals surface area contributed by atoms with Crippen molar-refractivity contribution < 1.29 is 14.0 Å². The van der Waals surface area contributed by atoms with Gasteiger partial charge in [0.25, 0.3) is 0 Å². The van der Waals surface area contributed by atoms with Crippen LogP contribution in [0, 0.1) is 12.7 Å². The van der Waals surface area contributed by atoms with Crippen LogP contribution in [0.4, 0.5) is 10.1 Å². The van der Waals surface area contributed by atoms with Gasteiger partial charge in [-0.1, -0.05) is 6.07 Å². The van der Waals surface area contributed by atoms with Crippen LogP contribution in [-0.4, -0.2) is 18.2 Å². The van der Waals surface area contributed by atoms with E-state index in [1.54, 1.807) is 12.1 Å². The molecule has 84 valence electrons. The van der Waals surface area contributed by atoms with Crippen molar-refractivity contribution in [2.24, 2.45) is 0 Å². The number of benzene rings is 1. The quantitative estimate of drug-likeness (QED) is 0.678. The lowest BCUT2D eigenvalue weighted by Crippen LogP contribution is -2.39. The molecule has 0 aromatic heterocycles. The number of piperidine rings is 1. The largest absolute Gasteiger partial charge is 0.309 e. The molecule has 1 aliphatic heterocycles. The fourth-order valence-electron chi connectivity index (χ4n) is 1.80. The summed E-state index contributed by atoms with van der Waals surface area (Å²) in [7, 11) is 0. The van der Waals surface area contributed by atoms with Crippen LogP contribution in [0.2, 0.25) is 0 Å². The van der Waals surface area contributed by atoms with Gasteiger partial charge >= 0.3 is 0 Å². The highest BCUT2D eigenvalue weighted by Crippen LogP contribution is 2.24. The molecule has 1 fully saturated rings. The Bertz CT molecular complexity index is 456. The molecule has 0 radical (unpaired) electrons. The van der Waals surface area contributed by atoms with E-state index in [2.05, 4.69) is 0 Å². The molecular formula is C12H12FNO2. The van der Waals surface area contributed by atoms with Crippen LogP contribution in [0.25, 0.3) is 0 Å². The molecule has 1 saturated heterocycles. The van der Waals surface area contributed by atoms with Crippen LogP contribution in [0.15, 0.2) is 18.2 Å². The minimum Gasteiger partial charge on any atom is -0.309 e. The summed E-state index contributed by atoms with van der Waals surface area (Å²) in [4.78, 5) is 24.0. The number of hydrogen-bond donors (Lipinski definition) is 0. The number of anilines is 1. The van der Waals surface area contributed by atoms with Crippen molar-refractivity contribution in [1.29, 1.82) is 0 Å². The van der Waals surface area contributed by atoms with Crippen LogP contribution in [0.1, 0.15) is 18.4 Å². The Morgan fingerprint density at radius 3 is 2.75 bits per heavy atom. The molecular weight excluding hydrogens is 209 g/mol. The van der Waals surface area contributed by atoms with Gasteiger partial charge in [0.1, 0.15) is 11.6 Å². The zero-order valence-electron chi connectivity index (χ0n) is 9.00. The average molecular weight is 221 g/mol. The van der Waals surface area contributed by atoms with Crippen molar-refractivity contribution in [3.8, 4) is 0 Å². The number of carbonyl (C=O) groups is 2. The zero-order chi connectivity index (χ0) is 11.7. The third-order valence-corrected chi connectivity index (χ3v) is 2.66. The highest BCUT2D eigenvalue weighted by Gasteiger charge is 2.26. The van der Waals surface area contributed by atoms with E-state index in [4.69, 9.17) is 0 Å². The van der Waals surface area contributed by atoms with Crippen molar-refractivity contribution in [2.75, 3.05) is 11.4 Å². The minimum atomic E-state index is -0.423. The van der Waals surface area contributed by atoms with Crippen LogP contribution >= 0.6 is 0 Å². The Kier molecular flexibility index (Phi) is 2.73. The first-order valence-electron chi connectivity index (χ1n) is 5.16. The van der Waals surface area contributed by atoms with Crippen LogP contribution < -0.4 is 4.90 Å². The van der Waals surface area contributed by atoms with Crippen LogP contribution in [-0.2, 0) is 9.59 Å². The lowest BCUT2D eigenvalue weighted by molar-refractivity contribution is -0.128. The van der Waals surface area contributed by atoms with E-state index in [-0.39, 0.29) is 30.3 Å².